The summed E-state index contributed by atoms with van der Waals surface area (Å²) in [5.74, 6) is 1.69. The van der Waals surface area contributed by atoms with Gasteiger partial charge >= 0.3 is 0 Å². The Morgan fingerprint density at radius 2 is 1.48 bits per heavy atom. The third kappa shape index (κ3) is 2.78. The van der Waals surface area contributed by atoms with Crippen molar-refractivity contribution in [3.63, 3.8) is 0 Å². The molecule has 33 heavy (non-hydrogen) atoms. The van der Waals surface area contributed by atoms with E-state index in [0.717, 1.165) is 25.7 Å². The molecule has 0 amide bonds. The van der Waals surface area contributed by atoms with Crippen molar-refractivity contribution >= 4 is 11.6 Å². The van der Waals surface area contributed by atoms with Gasteiger partial charge in [0, 0.05) is 30.1 Å². The molecule has 0 aromatic rings. The van der Waals surface area contributed by atoms with Gasteiger partial charge in [0.05, 0.1) is 6.10 Å². The van der Waals surface area contributed by atoms with E-state index in [1.807, 2.05) is 0 Å². The number of ketones is 2. The molecule has 5 saturated carbocycles. The molecule has 0 aromatic heterocycles. The van der Waals surface area contributed by atoms with Crippen molar-refractivity contribution in [3.05, 3.63) is 0 Å². The third-order valence-corrected chi connectivity index (χ3v) is 13.4. The number of fused-ring (bicyclic) bond motifs is 7. The first-order chi connectivity index (χ1) is 15.1. The van der Waals surface area contributed by atoms with Crippen molar-refractivity contribution in [1.29, 1.82) is 0 Å². The average molecular weight is 457 g/mol. The fourth-order valence-corrected chi connectivity index (χ4v) is 11.1. The molecule has 0 saturated heterocycles. The Morgan fingerprint density at radius 3 is 2.15 bits per heavy atom. The van der Waals surface area contributed by atoms with Crippen LogP contribution in [-0.4, -0.2) is 22.8 Å². The molecule has 0 spiro atoms. The minimum Gasteiger partial charge on any atom is -0.393 e. The number of rotatable bonds is 0. The van der Waals surface area contributed by atoms with Crippen LogP contribution in [0.3, 0.4) is 0 Å². The van der Waals surface area contributed by atoms with Crippen LogP contribution in [0.15, 0.2) is 0 Å². The fraction of sp³-hybridized carbons (Fsp3) is 0.933. The van der Waals surface area contributed by atoms with Gasteiger partial charge in [-0.05, 0) is 83.9 Å². The van der Waals surface area contributed by atoms with E-state index in [1.54, 1.807) is 0 Å². The normalized spacial score (nSPS) is 58.0. The summed E-state index contributed by atoms with van der Waals surface area (Å²) in [6.45, 7) is 18.7. The molecule has 0 bridgehead atoms. The lowest BCUT2D eigenvalue weighted by atomic mass is 9.29. The monoisotopic (exact) mass is 456 g/mol. The van der Waals surface area contributed by atoms with Crippen molar-refractivity contribution in [1.82, 2.24) is 0 Å². The summed E-state index contributed by atoms with van der Waals surface area (Å²) in [6, 6.07) is 0. The van der Waals surface area contributed by atoms with Gasteiger partial charge in [-0.1, -0.05) is 55.4 Å². The van der Waals surface area contributed by atoms with Gasteiger partial charge < -0.3 is 5.11 Å². The Morgan fingerprint density at radius 1 is 0.818 bits per heavy atom. The Kier molecular flexibility index (Phi) is 4.90. The summed E-state index contributed by atoms with van der Waals surface area (Å²) in [5.41, 5.74) is -0.425. The van der Waals surface area contributed by atoms with Gasteiger partial charge in [-0.3, -0.25) is 9.59 Å². The molecule has 5 aliphatic carbocycles. The highest BCUT2D eigenvalue weighted by Gasteiger charge is 2.75. The van der Waals surface area contributed by atoms with Crippen LogP contribution in [0.4, 0.5) is 0 Å². The molecule has 1 N–H and O–H groups in total. The van der Waals surface area contributed by atoms with E-state index >= 15 is 0 Å². The smallest absolute Gasteiger partial charge is 0.140 e. The van der Waals surface area contributed by atoms with E-state index in [-0.39, 0.29) is 33.5 Å². The highest BCUT2D eigenvalue weighted by molar-refractivity contribution is 5.88. The molecule has 0 heterocycles. The predicted molar refractivity (Wildman–Crippen MR) is 132 cm³/mol. The lowest BCUT2D eigenvalue weighted by molar-refractivity contribution is -0.267. The second-order valence-corrected chi connectivity index (χ2v) is 15.3. The molecule has 5 aliphatic rings. The lowest BCUT2D eigenvalue weighted by Gasteiger charge is -2.74. The maximum absolute atomic E-state index is 14.3. The molecule has 10 atom stereocenters. The topological polar surface area (TPSA) is 54.4 Å². The Bertz CT molecular complexity index is 891. The molecule has 0 radical (unpaired) electrons. The number of aliphatic hydroxyl groups is 1. The van der Waals surface area contributed by atoms with Crippen LogP contribution in [0.1, 0.15) is 113 Å². The Balaban J connectivity index is 1.63. The maximum atomic E-state index is 14.3. The first-order valence-corrected chi connectivity index (χ1v) is 13.8. The van der Waals surface area contributed by atoms with E-state index in [4.69, 9.17) is 0 Å². The minimum absolute atomic E-state index is 0.00529. The van der Waals surface area contributed by atoms with E-state index in [1.165, 1.54) is 12.8 Å². The highest BCUT2D eigenvalue weighted by Crippen LogP contribution is 2.77. The first-order valence-electron chi connectivity index (χ1n) is 13.8. The Hall–Kier alpha value is -0.700. The van der Waals surface area contributed by atoms with Crippen LogP contribution in [0.25, 0.3) is 0 Å². The second-order valence-electron chi connectivity index (χ2n) is 15.3. The van der Waals surface area contributed by atoms with Gasteiger partial charge in [-0.2, -0.15) is 0 Å². The molecule has 186 valence electrons. The summed E-state index contributed by atoms with van der Waals surface area (Å²) in [6.07, 6.45) is 8.10. The summed E-state index contributed by atoms with van der Waals surface area (Å²) < 4.78 is 0. The van der Waals surface area contributed by atoms with Gasteiger partial charge in [0.25, 0.3) is 0 Å². The van der Waals surface area contributed by atoms with Crippen LogP contribution in [-0.2, 0) is 9.59 Å². The van der Waals surface area contributed by atoms with Gasteiger partial charge in [0.1, 0.15) is 11.6 Å². The Labute approximate surface area is 201 Å². The summed E-state index contributed by atoms with van der Waals surface area (Å²) in [7, 11) is 0. The van der Waals surface area contributed by atoms with E-state index in [0.29, 0.717) is 48.1 Å². The van der Waals surface area contributed by atoms with E-state index in [9.17, 15) is 14.7 Å². The first kappa shape index (κ1) is 24.0. The molecule has 0 aromatic carbocycles. The summed E-state index contributed by atoms with van der Waals surface area (Å²) in [4.78, 5) is 27.0. The van der Waals surface area contributed by atoms with Crippen molar-refractivity contribution in [3.8, 4) is 0 Å². The zero-order chi connectivity index (χ0) is 24.4. The molecule has 5 rings (SSSR count). The van der Waals surface area contributed by atoms with Crippen LogP contribution in [0.5, 0.6) is 0 Å². The van der Waals surface area contributed by atoms with Crippen molar-refractivity contribution < 1.29 is 14.7 Å². The van der Waals surface area contributed by atoms with Crippen LogP contribution < -0.4 is 0 Å². The largest absolute Gasteiger partial charge is 0.393 e. The zero-order valence-electron chi connectivity index (χ0n) is 22.5. The number of Topliss-reactive ketones (excluding diaryl/α,β-unsaturated/α-hetero) is 2. The highest BCUT2D eigenvalue weighted by atomic mass is 16.3. The number of carbonyl (C=O) groups is 2. The average Bonchev–Trinajstić information content (AvgIpc) is 2.70. The maximum Gasteiger partial charge on any atom is 0.140 e. The molecular weight excluding hydrogens is 408 g/mol. The van der Waals surface area contributed by atoms with Gasteiger partial charge in [-0.25, -0.2) is 0 Å². The zero-order valence-corrected chi connectivity index (χ0v) is 22.5. The summed E-state index contributed by atoms with van der Waals surface area (Å²) in [5, 5.41) is 11.9. The van der Waals surface area contributed by atoms with E-state index in [2.05, 4.69) is 55.4 Å². The minimum atomic E-state index is -0.515. The predicted octanol–water partition coefficient (Wildman–Crippen LogP) is 6.61. The van der Waals surface area contributed by atoms with Crippen molar-refractivity contribution in [2.24, 2.45) is 56.2 Å². The van der Waals surface area contributed by atoms with Crippen LogP contribution >= 0.6 is 0 Å². The number of hydrogen-bond acceptors (Lipinski definition) is 3. The van der Waals surface area contributed by atoms with Gasteiger partial charge in [-0.15, -0.1) is 0 Å². The number of hydrogen-bond donors (Lipinski definition) is 1. The third-order valence-electron chi connectivity index (χ3n) is 13.4. The molecule has 3 nitrogen and oxygen atoms in total. The van der Waals surface area contributed by atoms with Crippen molar-refractivity contribution in [2.75, 3.05) is 0 Å². The quantitative estimate of drug-likeness (QED) is 0.446. The van der Waals surface area contributed by atoms with Crippen molar-refractivity contribution in [2.45, 2.75) is 119 Å². The van der Waals surface area contributed by atoms with Gasteiger partial charge in [0.15, 0.2) is 0 Å². The molecule has 5 fully saturated rings. The molecular formula is C30H48O3. The number of aliphatic hydroxyl groups excluding tert-OH is 1. The molecule has 0 aliphatic heterocycles. The van der Waals surface area contributed by atoms with Crippen LogP contribution in [0, 0.1) is 56.2 Å². The molecule has 3 unspecified atom stereocenters. The van der Waals surface area contributed by atoms with Gasteiger partial charge in [0.2, 0.25) is 0 Å². The standard InChI is InChI=1S/C30H48O3/c1-18-19(31)9-10-21-27(5)13-14-29(7)22-16-25(2,3)11-12-26(22,4)17-23(33)30(29,8)24(27)20(32)15-28(18,21)6/h18,20-22,24,32H,9-17H2,1-8H3/t18-,20?,21?,22+,24?,26+,27-,28+,29-,30+/m0/s1. The van der Waals surface area contributed by atoms with Crippen LogP contribution in [0.2, 0.25) is 0 Å². The molecule has 3 heteroatoms. The van der Waals surface area contributed by atoms with E-state index < -0.39 is 11.5 Å². The number of carbonyl (C=O) groups excluding carboxylic acids is 2. The SMILES string of the molecule is C[C@H]1C(=O)CCC2[C@]3(C)CC[C@@]4(C)[C@@H]5CC(C)(C)CC[C@]5(C)CC(=O)[C@]4(C)C3C(O)C[C@@]21C. The fourth-order valence-electron chi connectivity index (χ4n) is 11.1. The lowest BCUT2D eigenvalue weighted by Crippen LogP contribution is -2.73. The summed E-state index contributed by atoms with van der Waals surface area (Å²) >= 11 is 0. The second kappa shape index (κ2) is 6.74.